The van der Waals surface area contributed by atoms with Crippen LogP contribution in [0.1, 0.15) is 30.5 Å². The molecule has 18 heavy (non-hydrogen) atoms. The molecule has 1 amide bonds. The minimum atomic E-state index is -0.511. The van der Waals surface area contributed by atoms with Gasteiger partial charge in [-0.05, 0) is 57.9 Å². The highest BCUT2D eigenvalue weighted by Crippen LogP contribution is 2.10. The molecule has 100 valence electrons. The normalized spacial score (nSPS) is 11.4. The number of hydrogen-bond acceptors (Lipinski definition) is 2. The second-order valence-electron chi connectivity index (χ2n) is 5.30. The molecule has 0 radical (unpaired) electrons. The Hall–Kier alpha value is -1.35. The summed E-state index contributed by atoms with van der Waals surface area (Å²) in [5, 5.41) is 5.95. The molecule has 0 unspecified atom stereocenters. The van der Waals surface area contributed by atoms with Crippen molar-refractivity contribution in [2.45, 2.75) is 39.7 Å². The van der Waals surface area contributed by atoms with Crippen LogP contribution in [0.4, 0.5) is 0 Å². The Morgan fingerprint density at radius 1 is 1.22 bits per heavy atom. The predicted octanol–water partition coefficient (Wildman–Crippen LogP) is 1.96. The lowest BCUT2D eigenvalue weighted by molar-refractivity contribution is -0.126. The largest absolute Gasteiger partial charge is 0.354 e. The van der Waals surface area contributed by atoms with Crippen LogP contribution in [0.5, 0.6) is 0 Å². The molecule has 0 heterocycles. The molecule has 0 spiro atoms. The van der Waals surface area contributed by atoms with Gasteiger partial charge in [-0.25, -0.2) is 0 Å². The van der Waals surface area contributed by atoms with Gasteiger partial charge < -0.3 is 10.6 Å². The first kappa shape index (κ1) is 14.7. The van der Waals surface area contributed by atoms with Gasteiger partial charge in [0.1, 0.15) is 0 Å². The maximum Gasteiger partial charge on any atom is 0.239 e. The zero-order valence-electron chi connectivity index (χ0n) is 12.1. The van der Waals surface area contributed by atoms with E-state index in [9.17, 15) is 4.79 Å². The molecule has 0 fully saturated rings. The van der Waals surface area contributed by atoms with Crippen LogP contribution in [0, 0.1) is 13.8 Å². The Bertz CT molecular complexity index is 425. The Kier molecular flexibility index (Phi) is 4.91. The SMILES string of the molecule is CNC(C)(C)C(=O)NCCc1ccc(C)c(C)c1. The van der Waals surface area contributed by atoms with Crippen molar-refractivity contribution in [1.29, 1.82) is 0 Å². The number of nitrogens with one attached hydrogen (secondary N) is 2. The standard InChI is InChI=1S/C15H24N2O/c1-11-6-7-13(10-12(11)2)8-9-17-14(18)15(3,4)16-5/h6-7,10,16H,8-9H2,1-5H3,(H,17,18). The van der Waals surface area contributed by atoms with Gasteiger partial charge in [0.2, 0.25) is 5.91 Å². The van der Waals surface area contributed by atoms with E-state index in [-0.39, 0.29) is 5.91 Å². The summed E-state index contributed by atoms with van der Waals surface area (Å²) in [6, 6.07) is 6.44. The lowest BCUT2D eigenvalue weighted by Crippen LogP contribution is -2.51. The second kappa shape index (κ2) is 6.01. The average Bonchev–Trinajstić information content (AvgIpc) is 2.33. The lowest BCUT2D eigenvalue weighted by Gasteiger charge is -2.22. The predicted molar refractivity (Wildman–Crippen MR) is 75.8 cm³/mol. The van der Waals surface area contributed by atoms with Crippen LogP contribution in [0.15, 0.2) is 18.2 Å². The Morgan fingerprint density at radius 2 is 1.89 bits per heavy atom. The van der Waals surface area contributed by atoms with E-state index in [0.29, 0.717) is 6.54 Å². The smallest absolute Gasteiger partial charge is 0.239 e. The van der Waals surface area contributed by atoms with Crippen molar-refractivity contribution < 1.29 is 4.79 Å². The van der Waals surface area contributed by atoms with Crippen molar-refractivity contribution in [2.24, 2.45) is 0 Å². The van der Waals surface area contributed by atoms with E-state index >= 15 is 0 Å². The molecule has 0 aliphatic carbocycles. The number of likely N-dealkylation sites (N-methyl/N-ethyl adjacent to an activating group) is 1. The van der Waals surface area contributed by atoms with Crippen molar-refractivity contribution in [1.82, 2.24) is 10.6 Å². The van der Waals surface area contributed by atoms with Crippen LogP contribution in [0.2, 0.25) is 0 Å². The molecule has 0 aliphatic rings. The molecule has 0 saturated carbocycles. The summed E-state index contributed by atoms with van der Waals surface area (Å²) in [6.45, 7) is 8.64. The van der Waals surface area contributed by atoms with Gasteiger partial charge in [0.15, 0.2) is 0 Å². The maximum absolute atomic E-state index is 11.8. The van der Waals surface area contributed by atoms with Gasteiger partial charge in [0.25, 0.3) is 0 Å². The van der Waals surface area contributed by atoms with Gasteiger partial charge in [-0.2, -0.15) is 0 Å². The number of carbonyl (C=O) groups is 1. The molecule has 3 heteroatoms. The second-order valence-corrected chi connectivity index (χ2v) is 5.30. The molecular formula is C15H24N2O. The molecule has 1 rings (SSSR count). The molecule has 3 nitrogen and oxygen atoms in total. The molecule has 0 aliphatic heterocycles. The van der Waals surface area contributed by atoms with Crippen LogP contribution in [0.25, 0.3) is 0 Å². The first-order valence-corrected chi connectivity index (χ1v) is 6.40. The zero-order chi connectivity index (χ0) is 13.8. The molecule has 0 bridgehead atoms. The van der Waals surface area contributed by atoms with Crippen molar-refractivity contribution in [2.75, 3.05) is 13.6 Å². The Morgan fingerprint density at radius 3 is 2.44 bits per heavy atom. The topological polar surface area (TPSA) is 41.1 Å². The fourth-order valence-corrected chi connectivity index (χ4v) is 1.61. The van der Waals surface area contributed by atoms with Gasteiger partial charge in [0.05, 0.1) is 5.54 Å². The molecule has 0 saturated heterocycles. The summed E-state index contributed by atoms with van der Waals surface area (Å²) in [6.07, 6.45) is 0.868. The number of benzene rings is 1. The quantitative estimate of drug-likeness (QED) is 0.836. The first-order chi connectivity index (χ1) is 8.36. The lowest BCUT2D eigenvalue weighted by atomic mass is 10.0. The summed E-state index contributed by atoms with van der Waals surface area (Å²) in [4.78, 5) is 11.8. The highest BCUT2D eigenvalue weighted by Gasteiger charge is 2.24. The maximum atomic E-state index is 11.8. The number of amides is 1. The van der Waals surface area contributed by atoms with Gasteiger partial charge in [0, 0.05) is 6.54 Å². The van der Waals surface area contributed by atoms with E-state index < -0.39 is 5.54 Å². The molecular weight excluding hydrogens is 224 g/mol. The molecule has 1 aromatic carbocycles. The number of aryl methyl sites for hydroxylation is 2. The van der Waals surface area contributed by atoms with Crippen molar-refractivity contribution in [3.05, 3.63) is 34.9 Å². The zero-order valence-corrected chi connectivity index (χ0v) is 12.1. The van der Waals surface area contributed by atoms with Gasteiger partial charge in [-0.1, -0.05) is 18.2 Å². The van der Waals surface area contributed by atoms with Gasteiger partial charge in [-0.3, -0.25) is 4.79 Å². The third-order valence-corrected chi connectivity index (χ3v) is 3.46. The Labute approximate surface area is 110 Å². The molecule has 2 N–H and O–H groups in total. The van der Waals surface area contributed by atoms with E-state index in [1.165, 1.54) is 16.7 Å². The summed E-state index contributed by atoms with van der Waals surface area (Å²) < 4.78 is 0. The summed E-state index contributed by atoms with van der Waals surface area (Å²) in [7, 11) is 1.79. The monoisotopic (exact) mass is 248 g/mol. The first-order valence-electron chi connectivity index (χ1n) is 6.40. The minimum absolute atomic E-state index is 0.0360. The van der Waals surface area contributed by atoms with Crippen LogP contribution in [0.3, 0.4) is 0 Å². The average molecular weight is 248 g/mol. The minimum Gasteiger partial charge on any atom is -0.354 e. The number of rotatable bonds is 5. The van der Waals surface area contributed by atoms with Crippen LogP contribution < -0.4 is 10.6 Å². The fraction of sp³-hybridized carbons (Fsp3) is 0.533. The number of hydrogen-bond donors (Lipinski definition) is 2. The van der Waals surface area contributed by atoms with Crippen LogP contribution in [-0.4, -0.2) is 25.0 Å². The van der Waals surface area contributed by atoms with Crippen molar-refractivity contribution in [3.8, 4) is 0 Å². The molecule has 1 aromatic rings. The fourth-order valence-electron chi connectivity index (χ4n) is 1.61. The molecule has 0 aromatic heterocycles. The van der Waals surface area contributed by atoms with E-state index in [2.05, 4.69) is 42.7 Å². The Balaban J connectivity index is 2.47. The summed E-state index contributed by atoms with van der Waals surface area (Å²) in [5.74, 6) is 0.0360. The van der Waals surface area contributed by atoms with Crippen LogP contribution in [-0.2, 0) is 11.2 Å². The van der Waals surface area contributed by atoms with E-state index in [1.807, 2.05) is 13.8 Å². The summed E-state index contributed by atoms with van der Waals surface area (Å²) >= 11 is 0. The van der Waals surface area contributed by atoms with E-state index in [0.717, 1.165) is 6.42 Å². The highest BCUT2D eigenvalue weighted by molar-refractivity contribution is 5.85. The van der Waals surface area contributed by atoms with E-state index in [4.69, 9.17) is 0 Å². The summed E-state index contributed by atoms with van der Waals surface area (Å²) in [5.41, 5.74) is 3.36. The number of carbonyl (C=O) groups excluding carboxylic acids is 1. The van der Waals surface area contributed by atoms with Crippen molar-refractivity contribution in [3.63, 3.8) is 0 Å². The third kappa shape index (κ3) is 3.84. The highest BCUT2D eigenvalue weighted by atomic mass is 16.2. The third-order valence-electron chi connectivity index (χ3n) is 3.46. The van der Waals surface area contributed by atoms with Crippen molar-refractivity contribution >= 4 is 5.91 Å². The molecule has 0 atom stereocenters. The van der Waals surface area contributed by atoms with Gasteiger partial charge >= 0.3 is 0 Å². The van der Waals surface area contributed by atoms with Crippen LogP contribution >= 0.6 is 0 Å². The van der Waals surface area contributed by atoms with Gasteiger partial charge in [-0.15, -0.1) is 0 Å². The van der Waals surface area contributed by atoms with E-state index in [1.54, 1.807) is 7.05 Å².